The summed E-state index contributed by atoms with van der Waals surface area (Å²) in [5.41, 5.74) is 4.48. The molecule has 6 aromatic rings. The molecule has 1 saturated heterocycles. The lowest BCUT2D eigenvalue weighted by Gasteiger charge is -2.49. The van der Waals surface area contributed by atoms with Crippen molar-refractivity contribution >= 4 is 63.3 Å². The number of oxime groups is 1. The van der Waals surface area contributed by atoms with Crippen LogP contribution in [0.5, 0.6) is 0 Å². The van der Waals surface area contributed by atoms with Crippen LogP contribution in [0.1, 0.15) is 53.5 Å². The van der Waals surface area contributed by atoms with Crippen molar-refractivity contribution in [1.82, 2.24) is 15.2 Å². The average Bonchev–Trinajstić information content (AvgIpc) is 3.77. The largest absolute Gasteiger partial charge is 0.448 e. The van der Waals surface area contributed by atoms with E-state index in [9.17, 15) is 14.4 Å². The number of β-lactam (4-membered cyclic amide) rings is 1. The summed E-state index contributed by atoms with van der Waals surface area (Å²) >= 11 is 9.11. The smallest absolute Gasteiger partial charge is 0.356 e. The second kappa shape index (κ2) is 18.6. The van der Waals surface area contributed by atoms with Gasteiger partial charge in [-0.25, -0.2) is 9.78 Å². The van der Waals surface area contributed by atoms with Crippen molar-refractivity contribution in [3.8, 4) is 0 Å². The van der Waals surface area contributed by atoms with Crippen molar-refractivity contribution in [2.75, 3.05) is 16.9 Å². The molecule has 0 saturated carbocycles. The molecule has 10 nitrogen and oxygen atoms in total. The predicted molar refractivity (Wildman–Crippen MR) is 241 cm³/mol. The molecule has 2 aliphatic heterocycles. The standard InChI is InChI=1S/C48H42ClN5O5S2/c1-31(2)59-53-39(38-30-61-47(50-38)52-48(35-22-12-5-13-23-35,36-24-14-6-15-25-36)37-26-16-7-17-27-37)43(55)51-40-44(56)54-41(34(28-49)29-60-45(40)54)46(57)58-42(32-18-8-3-9-19-32)33-20-10-4-11-21-33/h3-27,30-31,40,42,45H,28-29H2,1-2H3,(H,50,52)(H,51,55)/b53-39-/t40?,45-/m1/s1. The number of amides is 2. The first-order valence-electron chi connectivity index (χ1n) is 19.8. The minimum absolute atomic E-state index is 0.0238. The van der Waals surface area contributed by atoms with Gasteiger partial charge in [-0.05, 0) is 47.2 Å². The number of benzene rings is 5. The van der Waals surface area contributed by atoms with E-state index in [-0.39, 0.29) is 29.1 Å². The van der Waals surface area contributed by atoms with Gasteiger partial charge in [0.2, 0.25) is 0 Å². The molecule has 2 N–H and O–H groups in total. The van der Waals surface area contributed by atoms with Gasteiger partial charge in [-0.3, -0.25) is 14.5 Å². The van der Waals surface area contributed by atoms with Gasteiger partial charge in [0.1, 0.15) is 34.4 Å². The molecule has 0 spiro atoms. The maximum atomic E-state index is 14.3. The zero-order chi connectivity index (χ0) is 42.3. The summed E-state index contributed by atoms with van der Waals surface area (Å²) in [6.45, 7) is 3.60. The van der Waals surface area contributed by atoms with Crippen molar-refractivity contribution in [3.05, 3.63) is 202 Å². The Morgan fingerprint density at radius 3 is 1.82 bits per heavy atom. The van der Waals surface area contributed by atoms with Crippen LogP contribution in [0.4, 0.5) is 5.13 Å². The van der Waals surface area contributed by atoms with Gasteiger partial charge in [0, 0.05) is 17.0 Å². The highest BCUT2D eigenvalue weighted by Gasteiger charge is 2.55. The van der Waals surface area contributed by atoms with Crippen molar-refractivity contribution in [2.45, 2.75) is 43.0 Å². The minimum Gasteiger partial charge on any atom is -0.448 e. The molecule has 308 valence electrons. The lowest BCUT2D eigenvalue weighted by atomic mass is 9.77. The number of nitrogens with zero attached hydrogens (tertiary/aromatic N) is 3. The number of alkyl halides is 1. The molecule has 1 fully saturated rings. The van der Waals surface area contributed by atoms with E-state index in [1.54, 1.807) is 19.2 Å². The Labute approximate surface area is 367 Å². The third-order valence-corrected chi connectivity index (χ3v) is 12.8. The van der Waals surface area contributed by atoms with Crippen LogP contribution in [-0.4, -0.2) is 62.5 Å². The molecule has 1 aromatic heterocycles. The Bertz CT molecular complexity index is 2400. The number of hydrogen-bond donors (Lipinski definition) is 2. The number of ether oxygens (including phenoxy) is 1. The van der Waals surface area contributed by atoms with Crippen LogP contribution < -0.4 is 10.6 Å². The molecular weight excluding hydrogens is 826 g/mol. The monoisotopic (exact) mass is 867 g/mol. The second-order valence-corrected chi connectivity index (χ2v) is 16.9. The van der Waals surface area contributed by atoms with E-state index >= 15 is 0 Å². The summed E-state index contributed by atoms with van der Waals surface area (Å²) in [7, 11) is 0. The SMILES string of the molecule is CC(C)O/N=C(\C(=O)NC1C(=O)N2C(C(=O)OC(c3ccccc3)c3ccccc3)=C(CCl)CS[C@H]12)c1csc(NC(c2ccccc2)(c2ccccc2)c2ccccc2)n1. The lowest BCUT2D eigenvalue weighted by Crippen LogP contribution is -2.71. The van der Waals surface area contributed by atoms with Crippen LogP contribution in [0.2, 0.25) is 0 Å². The van der Waals surface area contributed by atoms with Crippen molar-refractivity contribution in [2.24, 2.45) is 5.16 Å². The zero-order valence-electron chi connectivity index (χ0n) is 33.3. The van der Waals surface area contributed by atoms with Gasteiger partial charge in [0.05, 0.1) is 0 Å². The van der Waals surface area contributed by atoms with E-state index in [0.717, 1.165) is 27.8 Å². The van der Waals surface area contributed by atoms with E-state index in [2.05, 4.69) is 52.2 Å². The van der Waals surface area contributed by atoms with Crippen LogP contribution in [0.3, 0.4) is 0 Å². The predicted octanol–water partition coefficient (Wildman–Crippen LogP) is 8.90. The molecule has 5 aromatic carbocycles. The number of anilines is 1. The molecule has 0 bridgehead atoms. The van der Waals surface area contributed by atoms with Gasteiger partial charge < -0.3 is 20.2 Å². The number of hydrogen-bond acceptors (Lipinski definition) is 10. The average molecular weight is 868 g/mol. The number of halogens is 1. The molecule has 2 aliphatic rings. The van der Waals surface area contributed by atoms with E-state index in [1.165, 1.54) is 28.0 Å². The van der Waals surface area contributed by atoms with Gasteiger partial charge in [-0.15, -0.1) is 34.7 Å². The van der Waals surface area contributed by atoms with Gasteiger partial charge >= 0.3 is 5.97 Å². The number of carbonyl (C=O) groups is 3. The normalized spacial score (nSPS) is 16.5. The number of rotatable bonds is 15. The molecule has 2 amide bonds. The Hall–Kier alpha value is -6.21. The summed E-state index contributed by atoms with van der Waals surface area (Å²) in [5.74, 6) is -1.42. The summed E-state index contributed by atoms with van der Waals surface area (Å²) < 4.78 is 6.19. The highest BCUT2D eigenvalue weighted by Crippen LogP contribution is 2.43. The Balaban J connectivity index is 1.05. The second-order valence-electron chi connectivity index (χ2n) is 14.7. The molecule has 3 heterocycles. The molecule has 0 radical (unpaired) electrons. The first kappa shape index (κ1) is 41.5. The molecule has 8 rings (SSSR count). The van der Waals surface area contributed by atoms with Crippen LogP contribution in [0, 0.1) is 0 Å². The van der Waals surface area contributed by atoms with Gasteiger partial charge in [-0.2, -0.15) is 0 Å². The number of thioether (sulfide) groups is 1. The van der Waals surface area contributed by atoms with Crippen LogP contribution >= 0.6 is 34.7 Å². The van der Waals surface area contributed by atoms with E-state index in [1.807, 2.05) is 115 Å². The molecule has 2 atom stereocenters. The van der Waals surface area contributed by atoms with Gasteiger partial charge in [-0.1, -0.05) is 157 Å². The fourth-order valence-corrected chi connectivity index (χ4v) is 9.90. The number of aromatic nitrogens is 1. The number of nitrogens with one attached hydrogen (secondary N) is 2. The summed E-state index contributed by atoms with van der Waals surface area (Å²) in [5, 5.41) is 12.6. The number of fused-ring (bicyclic) bond motifs is 1. The van der Waals surface area contributed by atoms with Crippen molar-refractivity contribution in [3.63, 3.8) is 0 Å². The van der Waals surface area contributed by atoms with Gasteiger partial charge in [0.25, 0.3) is 11.8 Å². The number of thiazole rings is 1. The van der Waals surface area contributed by atoms with Crippen LogP contribution in [0.25, 0.3) is 0 Å². The first-order valence-corrected chi connectivity index (χ1v) is 22.2. The quantitative estimate of drug-likeness (QED) is 0.0262. The molecule has 0 aliphatic carbocycles. The molecule has 13 heteroatoms. The topological polar surface area (TPSA) is 122 Å². The lowest BCUT2D eigenvalue weighted by molar-refractivity contribution is -0.154. The van der Waals surface area contributed by atoms with E-state index in [4.69, 9.17) is 26.2 Å². The molecule has 61 heavy (non-hydrogen) atoms. The Morgan fingerprint density at radius 1 is 0.820 bits per heavy atom. The maximum absolute atomic E-state index is 14.3. The van der Waals surface area contributed by atoms with Crippen LogP contribution in [0.15, 0.2) is 173 Å². The minimum atomic E-state index is -0.974. The Kier molecular flexibility index (Phi) is 12.7. The number of carbonyl (C=O) groups excluding carboxylic acids is 3. The van der Waals surface area contributed by atoms with Crippen LogP contribution in [-0.2, 0) is 29.5 Å². The van der Waals surface area contributed by atoms with E-state index < -0.39 is 40.8 Å². The highest BCUT2D eigenvalue weighted by molar-refractivity contribution is 8.00. The third kappa shape index (κ3) is 8.56. The molecule has 1 unspecified atom stereocenters. The fourth-order valence-electron chi connectivity index (χ4n) is 7.48. The summed E-state index contributed by atoms with van der Waals surface area (Å²) in [4.78, 5) is 54.4. The maximum Gasteiger partial charge on any atom is 0.356 e. The highest BCUT2D eigenvalue weighted by atomic mass is 35.5. The zero-order valence-corrected chi connectivity index (χ0v) is 35.7. The van der Waals surface area contributed by atoms with Crippen molar-refractivity contribution < 1.29 is 24.0 Å². The Morgan fingerprint density at radius 2 is 1.33 bits per heavy atom. The van der Waals surface area contributed by atoms with E-state index in [0.29, 0.717) is 16.5 Å². The number of esters is 1. The third-order valence-electron chi connectivity index (χ3n) is 10.3. The summed E-state index contributed by atoms with van der Waals surface area (Å²) in [6.07, 6.45) is -1.08. The van der Waals surface area contributed by atoms with Crippen molar-refractivity contribution in [1.29, 1.82) is 0 Å². The fraction of sp³-hybridized carbons (Fsp3) is 0.188. The van der Waals surface area contributed by atoms with Gasteiger partial charge in [0.15, 0.2) is 16.9 Å². The first-order chi connectivity index (χ1) is 29.8. The molecular formula is C48H42ClN5O5S2. The summed E-state index contributed by atoms with van der Waals surface area (Å²) in [6, 6.07) is 48.2.